The second-order valence-electron chi connectivity index (χ2n) is 12.1. The number of pyridine rings is 1. The summed E-state index contributed by atoms with van der Waals surface area (Å²) in [5.41, 5.74) is -0.220. The van der Waals surface area contributed by atoms with Crippen LogP contribution in [0.1, 0.15) is 68.3 Å². The van der Waals surface area contributed by atoms with Crippen LogP contribution >= 0.6 is 0 Å². The number of aromatic nitrogens is 3. The molecule has 4 fully saturated rings. The van der Waals surface area contributed by atoms with Crippen molar-refractivity contribution in [1.29, 1.82) is 0 Å². The van der Waals surface area contributed by atoms with Gasteiger partial charge in [-0.05, 0) is 80.8 Å². The first-order valence-corrected chi connectivity index (χ1v) is 14.9. The zero-order valence-electron chi connectivity index (χ0n) is 24.2. The van der Waals surface area contributed by atoms with Gasteiger partial charge in [0.15, 0.2) is 0 Å². The number of nitrogens with zero attached hydrogens (tertiary/aromatic N) is 3. The minimum Gasteiger partial charge on any atom is -0.469 e. The standard InChI is InChI=1S/C30H40N6O6/c1-35-17-31-15-24(35)29(40)32-22(6-3-4-8-26(38)42-2)28(39)33-23-7-5-9-36(30(23)41)16-25(37)34-27-20-11-18-10-19(13-20)14-21(27)12-18/h5,7,9,15,17-22,27H,3-4,6,8,10-14,16H2,1-2H3,(H,32,40)(H,33,39)(H,34,37)/t18?,19?,20?,21?,22-,27?/m0/s1. The number of amides is 3. The van der Waals surface area contributed by atoms with Crippen LogP contribution in [-0.4, -0.2) is 57.0 Å². The number of aryl methyl sites for hydroxylation is 1. The lowest BCUT2D eigenvalue weighted by Gasteiger charge is -2.54. The van der Waals surface area contributed by atoms with Crippen molar-refractivity contribution in [1.82, 2.24) is 24.8 Å². The van der Waals surface area contributed by atoms with E-state index in [1.54, 1.807) is 13.1 Å². The number of anilines is 1. The Morgan fingerprint density at radius 1 is 1.07 bits per heavy atom. The zero-order chi connectivity index (χ0) is 29.8. The summed E-state index contributed by atoms with van der Waals surface area (Å²) in [6, 6.07) is 2.28. The molecule has 0 aliphatic heterocycles. The van der Waals surface area contributed by atoms with E-state index < -0.39 is 23.4 Å². The smallest absolute Gasteiger partial charge is 0.305 e. The highest BCUT2D eigenvalue weighted by Crippen LogP contribution is 2.53. The molecule has 0 aromatic carbocycles. The van der Waals surface area contributed by atoms with Crippen LogP contribution in [0.4, 0.5) is 5.69 Å². The summed E-state index contributed by atoms with van der Waals surface area (Å²) < 4.78 is 7.49. The Kier molecular flexibility index (Phi) is 9.08. The van der Waals surface area contributed by atoms with E-state index in [-0.39, 0.29) is 48.7 Å². The Labute approximate surface area is 244 Å². The van der Waals surface area contributed by atoms with Crippen LogP contribution in [0.25, 0.3) is 0 Å². The molecule has 3 amide bonds. The summed E-state index contributed by atoms with van der Waals surface area (Å²) >= 11 is 0. The molecule has 4 saturated carbocycles. The number of ether oxygens (including phenoxy) is 1. The molecule has 0 radical (unpaired) electrons. The first-order valence-electron chi connectivity index (χ1n) is 14.9. The van der Waals surface area contributed by atoms with Crippen molar-refractivity contribution in [3.63, 3.8) is 0 Å². The molecule has 12 heteroatoms. The van der Waals surface area contributed by atoms with Gasteiger partial charge in [0.1, 0.15) is 24.0 Å². The van der Waals surface area contributed by atoms with Crippen molar-refractivity contribution in [2.24, 2.45) is 30.7 Å². The minimum absolute atomic E-state index is 0.0132. The fourth-order valence-electron chi connectivity index (χ4n) is 7.32. The molecule has 42 heavy (non-hydrogen) atoms. The summed E-state index contributed by atoms with van der Waals surface area (Å²) in [5.74, 6) is 1.03. The fraction of sp³-hybridized carbons (Fsp3) is 0.600. The van der Waals surface area contributed by atoms with Gasteiger partial charge in [0, 0.05) is 25.7 Å². The largest absolute Gasteiger partial charge is 0.469 e. The molecule has 0 spiro atoms. The van der Waals surface area contributed by atoms with Crippen LogP contribution in [0.15, 0.2) is 35.6 Å². The van der Waals surface area contributed by atoms with Crippen molar-refractivity contribution in [2.45, 2.75) is 76.4 Å². The van der Waals surface area contributed by atoms with Gasteiger partial charge >= 0.3 is 5.97 Å². The van der Waals surface area contributed by atoms with Crippen molar-refractivity contribution >= 4 is 29.4 Å². The Bertz CT molecular complexity index is 1350. The molecule has 2 aromatic heterocycles. The van der Waals surface area contributed by atoms with Crippen molar-refractivity contribution in [2.75, 3.05) is 12.4 Å². The maximum atomic E-state index is 13.3. The number of hydrogen-bond acceptors (Lipinski definition) is 7. The van der Waals surface area contributed by atoms with Crippen LogP contribution in [-0.2, 0) is 32.7 Å². The summed E-state index contributed by atoms with van der Waals surface area (Å²) in [5, 5.41) is 8.58. The lowest BCUT2D eigenvalue weighted by molar-refractivity contribution is -0.140. The quantitative estimate of drug-likeness (QED) is 0.256. The number of nitrogens with one attached hydrogen (secondary N) is 3. The fourth-order valence-corrected chi connectivity index (χ4v) is 7.32. The number of esters is 1. The van der Waals surface area contributed by atoms with Gasteiger partial charge < -0.3 is 29.8 Å². The van der Waals surface area contributed by atoms with Crippen LogP contribution in [0.3, 0.4) is 0 Å². The van der Waals surface area contributed by atoms with E-state index in [2.05, 4.69) is 25.7 Å². The summed E-state index contributed by atoms with van der Waals surface area (Å²) in [7, 11) is 2.98. The van der Waals surface area contributed by atoms with Gasteiger partial charge in [-0.15, -0.1) is 0 Å². The molecule has 3 N–H and O–H groups in total. The molecule has 6 rings (SSSR count). The summed E-state index contributed by atoms with van der Waals surface area (Å²) in [4.78, 5) is 67.8. The number of unbranched alkanes of at least 4 members (excludes halogenated alkanes) is 1. The Morgan fingerprint density at radius 3 is 2.43 bits per heavy atom. The van der Waals surface area contributed by atoms with E-state index in [0.717, 1.165) is 11.8 Å². The number of methoxy groups -OCH3 is 1. The molecular weight excluding hydrogens is 540 g/mol. The molecule has 4 aliphatic rings. The molecule has 2 aromatic rings. The lowest BCUT2D eigenvalue weighted by Crippen LogP contribution is -2.56. The number of hydrogen-bond donors (Lipinski definition) is 3. The monoisotopic (exact) mass is 580 g/mol. The average molecular weight is 581 g/mol. The van der Waals surface area contributed by atoms with Gasteiger partial charge in [-0.2, -0.15) is 0 Å². The Morgan fingerprint density at radius 2 is 1.79 bits per heavy atom. The molecule has 1 atom stereocenters. The van der Waals surface area contributed by atoms with Crippen molar-refractivity contribution in [3.05, 3.63) is 46.9 Å². The van der Waals surface area contributed by atoms with E-state index in [4.69, 9.17) is 0 Å². The van der Waals surface area contributed by atoms with E-state index in [9.17, 15) is 24.0 Å². The number of imidazole rings is 1. The van der Waals surface area contributed by atoms with Gasteiger partial charge in [-0.25, -0.2) is 4.98 Å². The van der Waals surface area contributed by atoms with Gasteiger partial charge in [0.05, 0.1) is 19.6 Å². The molecule has 0 saturated heterocycles. The summed E-state index contributed by atoms with van der Waals surface area (Å²) in [6.07, 6.45) is 11.8. The molecule has 12 nitrogen and oxygen atoms in total. The predicted octanol–water partition coefficient (Wildman–Crippen LogP) is 1.99. The highest BCUT2D eigenvalue weighted by atomic mass is 16.5. The van der Waals surface area contributed by atoms with Crippen LogP contribution in [0.2, 0.25) is 0 Å². The lowest BCUT2D eigenvalue weighted by atomic mass is 9.54. The maximum Gasteiger partial charge on any atom is 0.305 e. The Balaban J connectivity index is 1.22. The molecule has 226 valence electrons. The third kappa shape index (κ3) is 6.74. The molecule has 4 bridgehead atoms. The normalized spacial score (nSPS) is 24.6. The van der Waals surface area contributed by atoms with Gasteiger partial charge in [0.2, 0.25) is 11.8 Å². The third-order valence-electron chi connectivity index (χ3n) is 9.17. The molecular formula is C30H40N6O6. The van der Waals surface area contributed by atoms with E-state index in [1.807, 2.05) is 0 Å². The summed E-state index contributed by atoms with van der Waals surface area (Å²) in [6.45, 7) is -0.139. The first-order chi connectivity index (χ1) is 20.2. The second-order valence-corrected chi connectivity index (χ2v) is 12.1. The molecule has 0 unspecified atom stereocenters. The molecule has 2 heterocycles. The topological polar surface area (TPSA) is 153 Å². The number of carbonyl (C=O) groups is 4. The Hall–Kier alpha value is -3.96. The first kappa shape index (κ1) is 29.5. The van der Waals surface area contributed by atoms with Gasteiger partial charge in [-0.3, -0.25) is 24.0 Å². The SMILES string of the molecule is COC(=O)CCCC[C@H](NC(=O)c1cncn1C)C(=O)Nc1cccn(CC(=O)NC2C3CC4CC(C3)CC2C4)c1=O. The highest BCUT2D eigenvalue weighted by molar-refractivity contribution is 6.00. The van der Waals surface area contributed by atoms with Crippen molar-refractivity contribution in [3.8, 4) is 0 Å². The van der Waals surface area contributed by atoms with Crippen LogP contribution in [0.5, 0.6) is 0 Å². The van der Waals surface area contributed by atoms with E-state index >= 15 is 0 Å². The van der Waals surface area contributed by atoms with Crippen LogP contribution in [0, 0.1) is 23.7 Å². The highest BCUT2D eigenvalue weighted by Gasteiger charge is 2.48. The zero-order valence-corrected chi connectivity index (χ0v) is 24.2. The van der Waals surface area contributed by atoms with Gasteiger partial charge in [0.25, 0.3) is 11.5 Å². The van der Waals surface area contributed by atoms with Gasteiger partial charge in [-0.1, -0.05) is 6.42 Å². The molecule has 4 aliphatic carbocycles. The minimum atomic E-state index is -0.974. The van der Waals surface area contributed by atoms with Crippen molar-refractivity contribution < 1.29 is 23.9 Å². The third-order valence-corrected chi connectivity index (χ3v) is 9.17. The van der Waals surface area contributed by atoms with E-state index in [0.29, 0.717) is 24.7 Å². The number of rotatable bonds is 12. The number of carbonyl (C=O) groups excluding carboxylic acids is 4. The maximum absolute atomic E-state index is 13.3. The average Bonchev–Trinajstić information content (AvgIpc) is 3.39. The second kappa shape index (κ2) is 12.9. The van der Waals surface area contributed by atoms with E-state index in [1.165, 1.54) is 73.1 Å². The van der Waals surface area contributed by atoms with Crippen LogP contribution < -0.4 is 21.5 Å². The predicted molar refractivity (Wildman–Crippen MR) is 153 cm³/mol.